The van der Waals surface area contributed by atoms with Gasteiger partial charge in [0, 0.05) is 29.6 Å². The van der Waals surface area contributed by atoms with Crippen molar-refractivity contribution in [3.8, 4) is 0 Å². The van der Waals surface area contributed by atoms with Gasteiger partial charge in [-0.1, -0.05) is 41.4 Å². The molecule has 0 aliphatic heterocycles. The van der Waals surface area contributed by atoms with Crippen molar-refractivity contribution in [3.63, 3.8) is 0 Å². The van der Waals surface area contributed by atoms with Crippen LogP contribution >= 0.6 is 11.6 Å². The number of nitrogens with zero attached hydrogens (tertiary/aromatic N) is 2. The zero-order chi connectivity index (χ0) is 19.4. The molecule has 2 N–H and O–H groups in total. The summed E-state index contributed by atoms with van der Waals surface area (Å²) in [6.45, 7) is 6.57. The van der Waals surface area contributed by atoms with E-state index in [1.165, 1.54) is 18.0 Å². The zero-order valence-corrected chi connectivity index (χ0v) is 16.3. The first-order valence-corrected chi connectivity index (χ1v) is 9.00. The SMILES string of the molecule is Cc1cc(C)c(Nc2ncc(C(=O)NCc3ccc(Cl)cc3)cn2)c(C)c1. The van der Waals surface area contributed by atoms with Crippen molar-refractivity contribution in [1.29, 1.82) is 0 Å². The smallest absolute Gasteiger partial charge is 0.254 e. The molecule has 0 unspecified atom stereocenters. The van der Waals surface area contributed by atoms with Gasteiger partial charge >= 0.3 is 0 Å². The standard InChI is InChI=1S/C21H21ClN4O/c1-13-8-14(2)19(15(3)9-13)26-21-24-11-17(12-25-21)20(27)23-10-16-4-6-18(22)7-5-16/h4-9,11-12H,10H2,1-3H3,(H,23,27)(H,24,25,26). The summed E-state index contributed by atoms with van der Waals surface area (Å²) < 4.78 is 0. The molecule has 0 fully saturated rings. The van der Waals surface area contributed by atoms with E-state index in [-0.39, 0.29) is 5.91 Å². The summed E-state index contributed by atoms with van der Waals surface area (Å²) in [5.41, 5.74) is 5.83. The highest BCUT2D eigenvalue weighted by Gasteiger charge is 2.09. The molecule has 0 atom stereocenters. The maximum absolute atomic E-state index is 12.3. The minimum absolute atomic E-state index is 0.223. The summed E-state index contributed by atoms with van der Waals surface area (Å²) in [6.07, 6.45) is 3.04. The van der Waals surface area contributed by atoms with E-state index in [0.717, 1.165) is 22.4 Å². The van der Waals surface area contributed by atoms with Gasteiger partial charge in [0.2, 0.25) is 5.95 Å². The van der Waals surface area contributed by atoms with Gasteiger partial charge in [-0.05, 0) is 49.6 Å². The second-order valence-corrected chi connectivity index (χ2v) is 6.94. The molecule has 138 valence electrons. The first-order valence-electron chi connectivity index (χ1n) is 8.62. The first-order chi connectivity index (χ1) is 12.9. The van der Waals surface area contributed by atoms with E-state index < -0.39 is 0 Å². The third-order valence-electron chi connectivity index (χ3n) is 4.19. The molecule has 1 aromatic heterocycles. The number of hydrogen-bond donors (Lipinski definition) is 2. The molecule has 6 heteroatoms. The van der Waals surface area contributed by atoms with Gasteiger partial charge < -0.3 is 10.6 Å². The number of benzene rings is 2. The highest BCUT2D eigenvalue weighted by atomic mass is 35.5. The fraction of sp³-hybridized carbons (Fsp3) is 0.190. The number of anilines is 2. The molecule has 3 aromatic rings. The summed E-state index contributed by atoms with van der Waals surface area (Å²) in [5, 5.41) is 6.74. The van der Waals surface area contributed by atoms with Crippen molar-refractivity contribution < 1.29 is 4.79 Å². The third-order valence-corrected chi connectivity index (χ3v) is 4.45. The van der Waals surface area contributed by atoms with E-state index in [1.807, 2.05) is 26.0 Å². The van der Waals surface area contributed by atoms with Crippen molar-refractivity contribution in [1.82, 2.24) is 15.3 Å². The van der Waals surface area contributed by atoms with Crippen LogP contribution in [0.2, 0.25) is 5.02 Å². The highest BCUT2D eigenvalue weighted by molar-refractivity contribution is 6.30. The Morgan fingerprint density at radius 2 is 1.59 bits per heavy atom. The van der Waals surface area contributed by atoms with Crippen molar-refractivity contribution in [2.75, 3.05) is 5.32 Å². The maximum Gasteiger partial charge on any atom is 0.254 e. The van der Waals surface area contributed by atoms with Gasteiger partial charge in [0.05, 0.1) is 5.56 Å². The minimum atomic E-state index is -0.223. The van der Waals surface area contributed by atoms with Gasteiger partial charge in [-0.3, -0.25) is 4.79 Å². The lowest BCUT2D eigenvalue weighted by atomic mass is 10.1. The molecule has 3 rings (SSSR count). The van der Waals surface area contributed by atoms with Crippen LogP contribution in [0.4, 0.5) is 11.6 Å². The molecule has 1 heterocycles. The normalized spacial score (nSPS) is 10.5. The summed E-state index contributed by atoms with van der Waals surface area (Å²) >= 11 is 5.86. The Kier molecular flexibility index (Phi) is 5.72. The van der Waals surface area contributed by atoms with Gasteiger partial charge in [0.15, 0.2) is 0 Å². The molecular weight excluding hydrogens is 360 g/mol. The number of carbonyl (C=O) groups excluding carboxylic acids is 1. The van der Waals surface area contributed by atoms with E-state index in [2.05, 4.69) is 39.7 Å². The Balaban J connectivity index is 1.64. The molecule has 0 saturated heterocycles. The Morgan fingerprint density at radius 1 is 1.00 bits per heavy atom. The number of halogens is 1. The molecule has 27 heavy (non-hydrogen) atoms. The van der Waals surface area contributed by atoms with E-state index in [4.69, 9.17) is 11.6 Å². The largest absolute Gasteiger partial charge is 0.348 e. The van der Waals surface area contributed by atoms with Crippen LogP contribution in [0.3, 0.4) is 0 Å². The van der Waals surface area contributed by atoms with Gasteiger partial charge in [0.25, 0.3) is 5.91 Å². The van der Waals surface area contributed by atoms with Crippen molar-refractivity contribution in [2.45, 2.75) is 27.3 Å². The number of nitrogens with one attached hydrogen (secondary N) is 2. The molecule has 0 spiro atoms. The summed E-state index contributed by atoms with van der Waals surface area (Å²) in [7, 11) is 0. The van der Waals surface area contributed by atoms with Crippen LogP contribution in [0.25, 0.3) is 0 Å². The Bertz CT molecular complexity index is 930. The second kappa shape index (κ2) is 8.18. The lowest BCUT2D eigenvalue weighted by Crippen LogP contribution is -2.23. The molecule has 0 bridgehead atoms. The van der Waals surface area contributed by atoms with E-state index >= 15 is 0 Å². The van der Waals surface area contributed by atoms with E-state index in [9.17, 15) is 4.79 Å². The minimum Gasteiger partial charge on any atom is -0.348 e. The van der Waals surface area contributed by atoms with E-state index in [1.54, 1.807) is 12.1 Å². The number of rotatable bonds is 5. The molecule has 2 aromatic carbocycles. The Hall–Kier alpha value is -2.92. The van der Waals surface area contributed by atoms with Crippen molar-refractivity contribution in [2.24, 2.45) is 0 Å². The lowest BCUT2D eigenvalue weighted by Gasteiger charge is -2.12. The highest BCUT2D eigenvalue weighted by Crippen LogP contribution is 2.24. The number of amides is 1. The van der Waals surface area contributed by atoms with Gasteiger partial charge in [-0.25, -0.2) is 9.97 Å². The van der Waals surface area contributed by atoms with Gasteiger partial charge in [-0.15, -0.1) is 0 Å². The predicted molar refractivity (Wildman–Crippen MR) is 109 cm³/mol. The average Bonchev–Trinajstić information content (AvgIpc) is 2.64. The van der Waals surface area contributed by atoms with Crippen LogP contribution < -0.4 is 10.6 Å². The Labute approximate surface area is 163 Å². The topological polar surface area (TPSA) is 66.9 Å². The summed E-state index contributed by atoms with van der Waals surface area (Å²) in [5.74, 6) is 0.235. The molecule has 0 radical (unpaired) electrons. The Morgan fingerprint density at radius 3 is 2.19 bits per heavy atom. The molecule has 0 aliphatic rings. The number of aryl methyl sites for hydroxylation is 3. The predicted octanol–water partition coefficient (Wildman–Crippen LogP) is 4.73. The quantitative estimate of drug-likeness (QED) is 0.671. The fourth-order valence-electron chi connectivity index (χ4n) is 2.89. The number of hydrogen-bond acceptors (Lipinski definition) is 4. The summed E-state index contributed by atoms with van der Waals surface area (Å²) in [4.78, 5) is 20.8. The van der Waals surface area contributed by atoms with Crippen LogP contribution in [-0.2, 0) is 6.54 Å². The number of carbonyl (C=O) groups is 1. The van der Waals surface area contributed by atoms with Crippen LogP contribution in [0.15, 0.2) is 48.8 Å². The van der Waals surface area contributed by atoms with Crippen molar-refractivity contribution in [3.05, 3.63) is 81.6 Å². The second-order valence-electron chi connectivity index (χ2n) is 6.50. The molecule has 5 nitrogen and oxygen atoms in total. The average molecular weight is 381 g/mol. The van der Waals surface area contributed by atoms with Crippen LogP contribution in [-0.4, -0.2) is 15.9 Å². The van der Waals surface area contributed by atoms with Crippen LogP contribution in [0, 0.1) is 20.8 Å². The summed E-state index contributed by atoms with van der Waals surface area (Å²) in [6, 6.07) is 11.5. The fourth-order valence-corrected chi connectivity index (χ4v) is 3.01. The van der Waals surface area contributed by atoms with Gasteiger partial charge in [-0.2, -0.15) is 0 Å². The zero-order valence-electron chi connectivity index (χ0n) is 15.5. The number of aromatic nitrogens is 2. The molecule has 0 saturated carbocycles. The van der Waals surface area contributed by atoms with Gasteiger partial charge in [0.1, 0.15) is 0 Å². The van der Waals surface area contributed by atoms with E-state index in [0.29, 0.717) is 23.1 Å². The lowest BCUT2D eigenvalue weighted by molar-refractivity contribution is 0.0950. The van der Waals surface area contributed by atoms with Crippen LogP contribution in [0.1, 0.15) is 32.6 Å². The third kappa shape index (κ3) is 4.83. The van der Waals surface area contributed by atoms with Crippen LogP contribution in [0.5, 0.6) is 0 Å². The molecule has 0 aliphatic carbocycles. The maximum atomic E-state index is 12.3. The monoisotopic (exact) mass is 380 g/mol. The first kappa shape index (κ1) is 18.9. The molecular formula is C21H21ClN4O. The molecule has 1 amide bonds. The van der Waals surface area contributed by atoms with Crippen molar-refractivity contribution >= 4 is 29.1 Å².